The molecule has 2 aromatic rings. The number of nitrogens with one attached hydrogen (secondary N) is 2. The molecule has 1 spiro atoms. The van der Waals surface area contributed by atoms with Gasteiger partial charge >= 0.3 is 12.0 Å². The van der Waals surface area contributed by atoms with E-state index in [2.05, 4.69) is 10.6 Å². The molecule has 29 heavy (non-hydrogen) atoms. The number of fused-ring (bicyclic) bond motifs is 1. The van der Waals surface area contributed by atoms with Crippen LogP contribution in [0.5, 0.6) is 11.5 Å². The topological polar surface area (TPSA) is 76.7 Å². The highest BCUT2D eigenvalue weighted by atomic mass is 19.1. The lowest BCUT2D eigenvalue weighted by Gasteiger charge is -2.49. The fraction of sp³-hybridized carbons (Fsp3) is 0.364. The summed E-state index contributed by atoms with van der Waals surface area (Å²) in [4.78, 5) is 23.7. The summed E-state index contributed by atoms with van der Waals surface area (Å²) >= 11 is 0. The molecule has 0 saturated carbocycles. The van der Waals surface area contributed by atoms with Crippen LogP contribution in [0.3, 0.4) is 0 Å². The SMILES string of the molecule is CC(=O)Oc1ccc2c(c1)O[C@]1(C[C@H]2c2ccc(F)cc2)CC(C)(C)NC(=O)N1. The zero-order chi connectivity index (χ0) is 20.8. The van der Waals surface area contributed by atoms with Crippen molar-refractivity contribution in [3.63, 3.8) is 0 Å². The van der Waals surface area contributed by atoms with Gasteiger partial charge in [0, 0.05) is 42.9 Å². The largest absolute Gasteiger partial charge is 0.467 e. The molecule has 2 heterocycles. The van der Waals surface area contributed by atoms with Crippen LogP contribution < -0.4 is 20.1 Å². The van der Waals surface area contributed by atoms with Gasteiger partial charge in [-0.2, -0.15) is 0 Å². The zero-order valence-corrected chi connectivity index (χ0v) is 16.5. The molecule has 2 amide bonds. The highest BCUT2D eigenvalue weighted by Crippen LogP contribution is 2.47. The Morgan fingerprint density at radius 1 is 1.17 bits per heavy atom. The van der Waals surface area contributed by atoms with E-state index in [9.17, 15) is 14.0 Å². The summed E-state index contributed by atoms with van der Waals surface area (Å²) in [7, 11) is 0. The highest BCUT2D eigenvalue weighted by molar-refractivity contribution is 5.77. The molecular weight excluding hydrogens is 375 g/mol. The molecule has 152 valence electrons. The van der Waals surface area contributed by atoms with Crippen LogP contribution in [0, 0.1) is 5.82 Å². The molecule has 2 aliphatic rings. The zero-order valence-electron chi connectivity index (χ0n) is 16.5. The fourth-order valence-electron chi connectivity index (χ4n) is 4.34. The first kappa shape index (κ1) is 19.2. The summed E-state index contributed by atoms with van der Waals surface area (Å²) in [5.74, 6) is 0.0343. The molecule has 0 radical (unpaired) electrons. The van der Waals surface area contributed by atoms with E-state index in [1.165, 1.54) is 19.1 Å². The van der Waals surface area contributed by atoms with E-state index in [0.29, 0.717) is 24.3 Å². The number of ether oxygens (including phenoxy) is 2. The summed E-state index contributed by atoms with van der Waals surface area (Å²) in [5.41, 5.74) is 0.401. The van der Waals surface area contributed by atoms with Gasteiger partial charge in [-0.3, -0.25) is 4.79 Å². The van der Waals surface area contributed by atoms with Crippen LogP contribution in [0.2, 0.25) is 0 Å². The van der Waals surface area contributed by atoms with Gasteiger partial charge in [0.2, 0.25) is 0 Å². The maximum absolute atomic E-state index is 13.5. The third-order valence-corrected chi connectivity index (χ3v) is 5.25. The second-order valence-corrected chi connectivity index (χ2v) is 8.34. The average molecular weight is 398 g/mol. The van der Waals surface area contributed by atoms with Crippen molar-refractivity contribution in [2.75, 3.05) is 0 Å². The lowest BCUT2D eigenvalue weighted by atomic mass is 9.77. The predicted molar refractivity (Wildman–Crippen MR) is 104 cm³/mol. The first-order chi connectivity index (χ1) is 13.6. The number of carbonyl (C=O) groups is 2. The summed E-state index contributed by atoms with van der Waals surface area (Å²) in [6.07, 6.45) is 1.02. The van der Waals surface area contributed by atoms with Crippen molar-refractivity contribution in [3.05, 3.63) is 59.4 Å². The average Bonchev–Trinajstić information content (AvgIpc) is 2.59. The molecule has 2 atom stereocenters. The second kappa shape index (κ2) is 6.76. The third-order valence-electron chi connectivity index (χ3n) is 5.25. The Hall–Kier alpha value is -3.09. The monoisotopic (exact) mass is 398 g/mol. The Labute approximate surface area is 168 Å². The first-order valence-corrected chi connectivity index (χ1v) is 9.52. The summed E-state index contributed by atoms with van der Waals surface area (Å²) in [6, 6.07) is 11.3. The number of benzene rings is 2. The molecule has 6 nitrogen and oxygen atoms in total. The molecule has 2 aliphatic heterocycles. The lowest BCUT2D eigenvalue weighted by Crippen LogP contribution is -2.69. The smallest absolute Gasteiger partial charge is 0.318 e. The number of carbonyl (C=O) groups excluding carboxylic acids is 2. The quantitative estimate of drug-likeness (QED) is 0.595. The van der Waals surface area contributed by atoms with Gasteiger partial charge in [0.1, 0.15) is 17.3 Å². The number of hydrogen-bond donors (Lipinski definition) is 2. The fourth-order valence-corrected chi connectivity index (χ4v) is 4.34. The second-order valence-electron chi connectivity index (χ2n) is 8.34. The van der Waals surface area contributed by atoms with E-state index in [1.807, 2.05) is 19.9 Å². The van der Waals surface area contributed by atoms with Crippen LogP contribution in [-0.2, 0) is 4.79 Å². The minimum absolute atomic E-state index is 0.125. The lowest BCUT2D eigenvalue weighted by molar-refractivity contribution is -0.131. The Morgan fingerprint density at radius 2 is 1.90 bits per heavy atom. The number of amides is 2. The highest BCUT2D eigenvalue weighted by Gasteiger charge is 2.49. The van der Waals surface area contributed by atoms with Gasteiger partial charge in [0.25, 0.3) is 0 Å². The van der Waals surface area contributed by atoms with Crippen LogP contribution >= 0.6 is 0 Å². The predicted octanol–water partition coefficient (Wildman–Crippen LogP) is 3.84. The van der Waals surface area contributed by atoms with Crippen LogP contribution in [0.1, 0.15) is 50.7 Å². The van der Waals surface area contributed by atoms with Crippen molar-refractivity contribution in [3.8, 4) is 11.5 Å². The molecule has 1 saturated heterocycles. The number of urea groups is 1. The van der Waals surface area contributed by atoms with Crippen LogP contribution in [0.25, 0.3) is 0 Å². The molecule has 0 unspecified atom stereocenters. The van der Waals surface area contributed by atoms with Crippen molar-refractivity contribution < 1.29 is 23.5 Å². The molecule has 0 aliphatic carbocycles. The Bertz CT molecular complexity index is 973. The van der Waals surface area contributed by atoms with Gasteiger partial charge in [0.05, 0.1) is 0 Å². The van der Waals surface area contributed by atoms with E-state index >= 15 is 0 Å². The van der Waals surface area contributed by atoms with Crippen molar-refractivity contribution >= 4 is 12.0 Å². The Morgan fingerprint density at radius 3 is 2.55 bits per heavy atom. The van der Waals surface area contributed by atoms with Crippen LogP contribution in [0.4, 0.5) is 9.18 Å². The minimum Gasteiger partial charge on any atom is -0.467 e. The molecule has 2 aromatic carbocycles. The number of esters is 1. The molecule has 7 heteroatoms. The van der Waals surface area contributed by atoms with Crippen LogP contribution in [-0.4, -0.2) is 23.3 Å². The standard InChI is InChI=1S/C22H23FN2O4/c1-13(26)28-16-8-9-17-18(14-4-6-15(23)7-5-14)11-22(29-19(17)10-16)12-21(2,3)24-20(27)25-22/h4-10,18H,11-12H2,1-3H3,(H2,24,25,27)/t18-,22+/m0/s1. The number of rotatable bonds is 2. The molecule has 0 bridgehead atoms. The maximum atomic E-state index is 13.5. The molecular formula is C22H23FN2O4. The van der Waals surface area contributed by atoms with Gasteiger partial charge in [-0.1, -0.05) is 18.2 Å². The van der Waals surface area contributed by atoms with Crippen molar-refractivity contribution in [1.29, 1.82) is 0 Å². The van der Waals surface area contributed by atoms with Gasteiger partial charge in [0.15, 0.2) is 5.72 Å². The summed E-state index contributed by atoms with van der Waals surface area (Å²) < 4.78 is 25.0. The van der Waals surface area contributed by atoms with E-state index < -0.39 is 17.2 Å². The Kier molecular flexibility index (Phi) is 4.48. The van der Waals surface area contributed by atoms with Gasteiger partial charge in [-0.05, 0) is 37.6 Å². The van der Waals surface area contributed by atoms with Gasteiger partial charge < -0.3 is 20.1 Å². The van der Waals surface area contributed by atoms with Crippen LogP contribution in [0.15, 0.2) is 42.5 Å². The minimum atomic E-state index is -0.938. The van der Waals surface area contributed by atoms with Crippen molar-refractivity contribution in [1.82, 2.24) is 10.6 Å². The molecule has 2 N–H and O–H groups in total. The summed E-state index contributed by atoms with van der Waals surface area (Å²) in [5, 5.41) is 5.85. The van der Waals surface area contributed by atoms with Crippen molar-refractivity contribution in [2.45, 2.75) is 50.8 Å². The Balaban J connectivity index is 1.80. The third kappa shape index (κ3) is 3.90. The van der Waals surface area contributed by atoms with Crippen molar-refractivity contribution in [2.24, 2.45) is 0 Å². The first-order valence-electron chi connectivity index (χ1n) is 9.52. The van der Waals surface area contributed by atoms with Gasteiger partial charge in [-0.15, -0.1) is 0 Å². The van der Waals surface area contributed by atoms with Gasteiger partial charge in [-0.25, -0.2) is 9.18 Å². The summed E-state index contributed by atoms with van der Waals surface area (Å²) in [6.45, 7) is 5.21. The molecule has 4 rings (SSSR count). The van der Waals surface area contributed by atoms with E-state index in [-0.39, 0.29) is 17.8 Å². The van der Waals surface area contributed by atoms with E-state index in [0.717, 1.165) is 11.1 Å². The van der Waals surface area contributed by atoms with E-state index in [1.54, 1.807) is 24.3 Å². The number of halogens is 1. The van der Waals surface area contributed by atoms with E-state index in [4.69, 9.17) is 9.47 Å². The normalized spacial score (nSPS) is 24.7. The number of hydrogen-bond acceptors (Lipinski definition) is 4. The molecule has 0 aromatic heterocycles. The molecule has 1 fully saturated rings. The maximum Gasteiger partial charge on any atom is 0.318 e.